The molecule has 2 rings (SSSR count). The van der Waals surface area contributed by atoms with E-state index in [1.54, 1.807) is 6.07 Å². The van der Waals surface area contributed by atoms with Crippen molar-refractivity contribution in [3.05, 3.63) is 56.7 Å². The van der Waals surface area contributed by atoms with Crippen LogP contribution in [-0.4, -0.2) is 0 Å². The lowest BCUT2D eigenvalue weighted by Gasteiger charge is -2.13. The van der Waals surface area contributed by atoms with Gasteiger partial charge in [0.1, 0.15) is 11.6 Å². The van der Waals surface area contributed by atoms with Gasteiger partial charge in [-0.05, 0) is 23.6 Å². The Morgan fingerprint density at radius 2 is 1.88 bits per heavy atom. The fraction of sp³-hybridized carbons (Fsp3) is 0.167. The van der Waals surface area contributed by atoms with E-state index in [0.717, 1.165) is 4.88 Å². The molecule has 0 amide bonds. The number of hydrogen-bond acceptors (Lipinski definition) is 2. The quantitative estimate of drug-likeness (QED) is 0.901. The first kappa shape index (κ1) is 12.5. The summed E-state index contributed by atoms with van der Waals surface area (Å²) in [6.07, 6.45) is 0.328. The molecule has 0 spiro atoms. The van der Waals surface area contributed by atoms with Gasteiger partial charge in [-0.15, -0.1) is 11.3 Å². The van der Waals surface area contributed by atoms with Crippen LogP contribution in [0.15, 0.2) is 29.6 Å². The van der Waals surface area contributed by atoms with E-state index in [2.05, 4.69) is 0 Å². The third kappa shape index (κ3) is 2.65. The van der Waals surface area contributed by atoms with E-state index >= 15 is 0 Å². The number of benzene rings is 1. The van der Waals surface area contributed by atoms with E-state index in [0.29, 0.717) is 11.4 Å². The molecule has 0 aliphatic heterocycles. The van der Waals surface area contributed by atoms with Crippen molar-refractivity contribution in [1.29, 1.82) is 0 Å². The number of rotatable bonds is 3. The lowest BCUT2D eigenvalue weighted by atomic mass is 10.0. The minimum atomic E-state index is -0.729. The zero-order valence-electron chi connectivity index (χ0n) is 8.79. The largest absolute Gasteiger partial charge is 0.323 e. The Morgan fingerprint density at radius 3 is 2.41 bits per heavy atom. The van der Waals surface area contributed by atoms with Crippen LogP contribution in [0.4, 0.5) is 8.78 Å². The molecule has 1 heterocycles. The van der Waals surface area contributed by atoms with Gasteiger partial charge in [0, 0.05) is 22.9 Å². The van der Waals surface area contributed by atoms with Gasteiger partial charge < -0.3 is 5.73 Å². The van der Waals surface area contributed by atoms with Gasteiger partial charge in [0.2, 0.25) is 0 Å². The molecule has 2 N–H and O–H groups in total. The third-order valence-electron chi connectivity index (χ3n) is 2.47. The molecule has 5 heteroatoms. The summed E-state index contributed by atoms with van der Waals surface area (Å²) < 4.78 is 27.0. The first-order valence-electron chi connectivity index (χ1n) is 5.01. The first-order chi connectivity index (χ1) is 8.09. The van der Waals surface area contributed by atoms with Gasteiger partial charge in [-0.25, -0.2) is 8.78 Å². The van der Waals surface area contributed by atoms with Crippen LogP contribution in [0.3, 0.4) is 0 Å². The van der Waals surface area contributed by atoms with Crippen molar-refractivity contribution in [2.75, 3.05) is 0 Å². The summed E-state index contributed by atoms with van der Waals surface area (Å²) >= 11 is 7.35. The normalized spacial score (nSPS) is 12.7. The zero-order valence-corrected chi connectivity index (χ0v) is 10.4. The smallest absolute Gasteiger partial charge is 0.130 e. The minimum absolute atomic E-state index is 0.0861. The molecule has 90 valence electrons. The molecule has 0 aliphatic carbocycles. The molecule has 0 radical (unpaired) electrons. The van der Waals surface area contributed by atoms with Gasteiger partial charge in [-0.3, -0.25) is 0 Å². The summed E-state index contributed by atoms with van der Waals surface area (Å²) in [6, 6.07) is 4.74. The average molecular weight is 274 g/mol. The minimum Gasteiger partial charge on any atom is -0.323 e. The third-order valence-corrected chi connectivity index (χ3v) is 3.88. The molecule has 0 aliphatic rings. The Morgan fingerprint density at radius 1 is 1.24 bits per heavy atom. The van der Waals surface area contributed by atoms with Gasteiger partial charge in [-0.2, -0.15) is 0 Å². The first-order valence-corrected chi connectivity index (χ1v) is 6.26. The number of nitrogens with two attached hydrogens (primary N) is 1. The number of thiophene rings is 1. The molecular formula is C12H10ClF2NS. The van der Waals surface area contributed by atoms with Crippen molar-refractivity contribution in [2.24, 2.45) is 5.73 Å². The standard InChI is InChI=1S/C12H10ClF2NS/c13-7-4-5-17-11(7)6-10(16)12-8(14)2-1-3-9(12)15/h1-5,10H,6,16H2. The number of halogens is 3. The molecule has 1 aromatic heterocycles. The molecule has 1 atom stereocenters. The predicted octanol–water partition coefficient (Wildman–Crippen LogP) is 3.92. The molecule has 2 aromatic rings. The van der Waals surface area contributed by atoms with Crippen molar-refractivity contribution < 1.29 is 8.78 Å². The average Bonchev–Trinajstić information content (AvgIpc) is 2.64. The van der Waals surface area contributed by atoms with Crippen LogP contribution in [0, 0.1) is 11.6 Å². The molecule has 0 fully saturated rings. The highest BCUT2D eigenvalue weighted by molar-refractivity contribution is 7.10. The van der Waals surface area contributed by atoms with Crippen molar-refractivity contribution in [2.45, 2.75) is 12.5 Å². The highest BCUT2D eigenvalue weighted by Gasteiger charge is 2.18. The summed E-state index contributed by atoms with van der Waals surface area (Å²) in [7, 11) is 0. The van der Waals surface area contributed by atoms with Gasteiger partial charge in [-0.1, -0.05) is 17.7 Å². The fourth-order valence-corrected chi connectivity index (χ4v) is 2.81. The van der Waals surface area contributed by atoms with Crippen LogP contribution in [-0.2, 0) is 6.42 Å². The summed E-state index contributed by atoms with van der Waals surface area (Å²) in [5, 5.41) is 2.41. The van der Waals surface area contributed by atoms with E-state index in [1.807, 2.05) is 5.38 Å². The predicted molar refractivity (Wildman–Crippen MR) is 66.3 cm³/mol. The highest BCUT2D eigenvalue weighted by atomic mass is 35.5. The second-order valence-electron chi connectivity index (χ2n) is 3.64. The SMILES string of the molecule is NC(Cc1sccc1Cl)c1c(F)cccc1F. The summed E-state index contributed by atoms with van der Waals surface area (Å²) in [6.45, 7) is 0. The summed E-state index contributed by atoms with van der Waals surface area (Å²) in [4.78, 5) is 0.835. The monoisotopic (exact) mass is 273 g/mol. The van der Waals surface area contributed by atoms with Crippen LogP contribution < -0.4 is 5.73 Å². The van der Waals surface area contributed by atoms with E-state index in [-0.39, 0.29) is 5.56 Å². The molecule has 1 unspecified atom stereocenters. The van der Waals surface area contributed by atoms with Crippen molar-refractivity contribution >= 4 is 22.9 Å². The van der Waals surface area contributed by atoms with E-state index in [1.165, 1.54) is 29.5 Å². The molecule has 1 aromatic carbocycles. The Hall–Kier alpha value is -0.970. The van der Waals surface area contributed by atoms with Crippen molar-refractivity contribution in [3.63, 3.8) is 0 Å². The summed E-state index contributed by atoms with van der Waals surface area (Å²) in [5.74, 6) is -1.24. The lowest BCUT2D eigenvalue weighted by molar-refractivity contribution is 0.525. The van der Waals surface area contributed by atoms with Crippen LogP contribution >= 0.6 is 22.9 Å². The molecule has 0 saturated carbocycles. The molecule has 1 nitrogen and oxygen atoms in total. The molecular weight excluding hydrogens is 264 g/mol. The summed E-state index contributed by atoms with van der Waals surface area (Å²) in [5.41, 5.74) is 5.74. The lowest BCUT2D eigenvalue weighted by Crippen LogP contribution is -2.16. The van der Waals surface area contributed by atoms with E-state index in [4.69, 9.17) is 17.3 Å². The van der Waals surface area contributed by atoms with E-state index in [9.17, 15) is 8.78 Å². The maximum absolute atomic E-state index is 13.5. The maximum Gasteiger partial charge on any atom is 0.130 e. The zero-order chi connectivity index (χ0) is 12.4. The maximum atomic E-state index is 13.5. The molecule has 0 saturated heterocycles. The van der Waals surface area contributed by atoms with Gasteiger partial charge >= 0.3 is 0 Å². The van der Waals surface area contributed by atoms with Gasteiger partial charge in [0.25, 0.3) is 0 Å². The van der Waals surface area contributed by atoms with Crippen LogP contribution in [0.1, 0.15) is 16.5 Å². The molecule has 0 bridgehead atoms. The van der Waals surface area contributed by atoms with Crippen molar-refractivity contribution in [3.8, 4) is 0 Å². The topological polar surface area (TPSA) is 26.0 Å². The van der Waals surface area contributed by atoms with Gasteiger partial charge in [0.05, 0.1) is 5.02 Å². The molecule has 17 heavy (non-hydrogen) atoms. The Kier molecular flexibility index (Phi) is 3.76. The Bertz CT molecular complexity index is 507. The van der Waals surface area contributed by atoms with Crippen molar-refractivity contribution in [1.82, 2.24) is 0 Å². The second kappa shape index (κ2) is 5.12. The van der Waals surface area contributed by atoms with Crippen LogP contribution in [0.25, 0.3) is 0 Å². The van der Waals surface area contributed by atoms with E-state index < -0.39 is 17.7 Å². The number of hydrogen-bond donors (Lipinski definition) is 1. The van der Waals surface area contributed by atoms with Crippen LogP contribution in [0.2, 0.25) is 5.02 Å². The Balaban J connectivity index is 2.26. The fourth-order valence-electron chi connectivity index (χ4n) is 1.64. The van der Waals surface area contributed by atoms with Gasteiger partial charge in [0.15, 0.2) is 0 Å². The Labute approximate surface area is 107 Å². The van der Waals surface area contributed by atoms with Crippen LogP contribution in [0.5, 0.6) is 0 Å². The second-order valence-corrected chi connectivity index (χ2v) is 5.05. The highest BCUT2D eigenvalue weighted by Crippen LogP contribution is 2.28.